The molecule has 2 nitrogen and oxygen atoms in total. The maximum atomic E-state index is 8.67. The van der Waals surface area contributed by atoms with Crippen molar-refractivity contribution in [2.75, 3.05) is 11.5 Å². The molecule has 0 saturated heterocycles. The van der Waals surface area contributed by atoms with Crippen molar-refractivity contribution in [2.24, 2.45) is 0 Å². The Morgan fingerprint density at radius 3 is 2.88 bits per heavy atom. The lowest BCUT2D eigenvalue weighted by Gasteiger charge is -2.05. The molecule has 1 aromatic carbocycles. The Morgan fingerprint density at radius 1 is 1.38 bits per heavy atom. The molecule has 2 N–H and O–H groups in total. The zero-order valence-electron chi connectivity index (χ0n) is 9.70. The molecule has 3 heteroatoms. The lowest BCUT2D eigenvalue weighted by molar-refractivity contribution is 0.778. The van der Waals surface area contributed by atoms with Gasteiger partial charge in [-0.25, -0.2) is 0 Å². The van der Waals surface area contributed by atoms with Crippen molar-refractivity contribution in [2.45, 2.75) is 37.5 Å². The fourth-order valence-corrected chi connectivity index (χ4v) is 2.43. The van der Waals surface area contributed by atoms with Gasteiger partial charge in [0.1, 0.15) is 0 Å². The second-order valence-electron chi connectivity index (χ2n) is 3.75. The highest BCUT2D eigenvalue weighted by Gasteiger charge is 2.01. The second kappa shape index (κ2) is 7.19. The Kier molecular flexibility index (Phi) is 5.81. The van der Waals surface area contributed by atoms with Crippen molar-refractivity contribution < 1.29 is 0 Å². The number of nitrogens with zero attached hydrogens (tertiary/aromatic N) is 1. The first-order valence-corrected chi connectivity index (χ1v) is 6.64. The molecule has 0 amide bonds. The summed E-state index contributed by atoms with van der Waals surface area (Å²) >= 11 is 1.84. The Hall–Kier alpha value is -1.14. The molecule has 86 valence electrons. The second-order valence-corrected chi connectivity index (χ2v) is 4.92. The van der Waals surface area contributed by atoms with Crippen molar-refractivity contribution in [3.05, 3.63) is 23.8 Å². The van der Waals surface area contributed by atoms with Crippen molar-refractivity contribution in [3.63, 3.8) is 0 Å². The zero-order chi connectivity index (χ0) is 11.8. The maximum Gasteiger partial charge on any atom is 0.0670 e. The predicted octanol–water partition coefficient (Wildman–Crippen LogP) is 3.62. The number of hydrogen-bond acceptors (Lipinski definition) is 3. The molecule has 0 aliphatic carbocycles. The van der Waals surface area contributed by atoms with E-state index in [4.69, 9.17) is 11.0 Å². The van der Waals surface area contributed by atoms with Gasteiger partial charge < -0.3 is 5.73 Å². The third kappa shape index (κ3) is 4.16. The van der Waals surface area contributed by atoms with Crippen LogP contribution in [0.3, 0.4) is 0 Å². The van der Waals surface area contributed by atoms with E-state index in [1.165, 1.54) is 24.2 Å². The molecule has 0 aromatic heterocycles. The van der Waals surface area contributed by atoms with Gasteiger partial charge in [-0.1, -0.05) is 19.8 Å². The fourth-order valence-electron chi connectivity index (χ4n) is 1.45. The van der Waals surface area contributed by atoms with Gasteiger partial charge in [-0.2, -0.15) is 5.26 Å². The van der Waals surface area contributed by atoms with Gasteiger partial charge in [0.15, 0.2) is 0 Å². The normalized spacial score (nSPS) is 10.0. The summed E-state index contributed by atoms with van der Waals surface area (Å²) < 4.78 is 0. The number of nitrogens with two attached hydrogens (primary N) is 1. The minimum Gasteiger partial charge on any atom is -0.398 e. The zero-order valence-corrected chi connectivity index (χ0v) is 10.5. The molecule has 1 aromatic rings. The summed E-state index contributed by atoms with van der Waals surface area (Å²) in [4.78, 5) is 1.22. The Bertz CT molecular complexity index is 369. The molecule has 0 saturated carbocycles. The Morgan fingerprint density at radius 2 is 2.19 bits per heavy atom. The summed E-state index contributed by atoms with van der Waals surface area (Å²) in [6, 6.07) is 8.11. The number of benzene rings is 1. The van der Waals surface area contributed by atoms with Crippen LogP contribution in [0, 0.1) is 11.3 Å². The van der Waals surface area contributed by atoms with E-state index in [9.17, 15) is 0 Å². The first kappa shape index (κ1) is 12.9. The molecule has 0 spiro atoms. The van der Waals surface area contributed by atoms with Crippen LogP contribution in [0.25, 0.3) is 0 Å². The van der Waals surface area contributed by atoms with Crippen LogP contribution in [0.15, 0.2) is 23.1 Å². The standard InChI is InChI=1S/C13H18N2S/c1-2-3-4-9-16-12-5-6-13(15)11(10-12)7-8-14/h5-6,10H,2-4,7,9,15H2,1H3. The highest BCUT2D eigenvalue weighted by atomic mass is 32.2. The summed E-state index contributed by atoms with van der Waals surface area (Å²) in [6.07, 6.45) is 4.18. The minimum atomic E-state index is 0.398. The predicted molar refractivity (Wildman–Crippen MR) is 70.4 cm³/mol. The molecule has 0 radical (unpaired) electrons. The number of nitriles is 1. The molecule has 0 heterocycles. The first-order valence-electron chi connectivity index (χ1n) is 5.66. The average Bonchev–Trinajstić information content (AvgIpc) is 2.29. The van der Waals surface area contributed by atoms with E-state index in [1.54, 1.807) is 0 Å². The van der Waals surface area contributed by atoms with Crippen molar-refractivity contribution in [1.82, 2.24) is 0 Å². The van der Waals surface area contributed by atoms with Gasteiger partial charge in [0.25, 0.3) is 0 Å². The summed E-state index contributed by atoms with van der Waals surface area (Å²) in [6.45, 7) is 2.21. The Balaban J connectivity index is 2.54. The smallest absolute Gasteiger partial charge is 0.0670 e. The van der Waals surface area contributed by atoms with Crippen molar-refractivity contribution in [1.29, 1.82) is 5.26 Å². The molecule has 1 rings (SSSR count). The molecular formula is C13H18N2S. The number of rotatable bonds is 6. The van der Waals surface area contributed by atoms with Crippen LogP contribution < -0.4 is 5.73 Å². The van der Waals surface area contributed by atoms with Gasteiger partial charge in [0.2, 0.25) is 0 Å². The van der Waals surface area contributed by atoms with E-state index in [2.05, 4.69) is 13.0 Å². The highest BCUT2D eigenvalue weighted by Crippen LogP contribution is 2.24. The third-order valence-corrected chi connectivity index (χ3v) is 3.48. The van der Waals surface area contributed by atoms with Crippen LogP contribution in [-0.4, -0.2) is 5.75 Å². The van der Waals surface area contributed by atoms with Crippen LogP contribution in [0.2, 0.25) is 0 Å². The lowest BCUT2D eigenvalue weighted by Crippen LogP contribution is -1.93. The Labute approximate surface area is 102 Å². The topological polar surface area (TPSA) is 49.8 Å². The average molecular weight is 234 g/mol. The molecule has 0 aliphatic rings. The number of thioether (sulfide) groups is 1. The molecule has 16 heavy (non-hydrogen) atoms. The maximum absolute atomic E-state index is 8.67. The lowest BCUT2D eigenvalue weighted by atomic mass is 10.1. The fraction of sp³-hybridized carbons (Fsp3) is 0.462. The van der Waals surface area contributed by atoms with Crippen LogP contribution in [-0.2, 0) is 6.42 Å². The summed E-state index contributed by atoms with van der Waals surface area (Å²) in [7, 11) is 0. The van der Waals surface area contributed by atoms with Gasteiger partial charge in [0.05, 0.1) is 12.5 Å². The number of unbranched alkanes of at least 4 members (excludes halogenated alkanes) is 2. The number of hydrogen-bond donors (Lipinski definition) is 1. The van der Waals surface area contributed by atoms with Gasteiger partial charge in [-0.3, -0.25) is 0 Å². The molecular weight excluding hydrogens is 216 g/mol. The summed E-state index contributed by atoms with van der Waals surface area (Å²) in [5.74, 6) is 1.14. The molecule has 0 bridgehead atoms. The van der Waals surface area contributed by atoms with Crippen molar-refractivity contribution in [3.8, 4) is 6.07 Å². The quantitative estimate of drug-likeness (QED) is 0.464. The SMILES string of the molecule is CCCCCSc1ccc(N)c(CC#N)c1. The number of nitrogen functional groups attached to an aromatic ring is 1. The van der Waals surface area contributed by atoms with E-state index in [-0.39, 0.29) is 0 Å². The van der Waals surface area contributed by atoms with Crippen LogP contribution in [0.4, 0.5) is 5.69 Å². The van der Waals surface area contributed by atoms with Gasteiger partial charge in [-0.15, -0.1) is 11.8 Å². The first-order chi connectivity index (χ1) is 7.77. The molecule has 0 unspecified atom stereocenters. The largest absolute Gasteiger partial charge is 0.398 e. The highest BCUT2D eigenvalue weighted by molar-refractivity contribution is 7.99. The monoisotopic (exact) mass is 234 g/mol. The summed E-state index contributed by atoms with van der Waals surface area (Å²) in [5, 5.41) is 8.67. The third-order valence-electron chi connectivity index (χ3n) is 2.40. The van der Waals surface area contributed by atoms with Crippen LogP contribution in [0.1, 0.15) is 31.7 Å². The van der Waals surface area contributed by atoms with Crippen molar-refractivity contribution >= 4 is 17.4 Å². The van der Waals surface area contributed by atoms with Crippen LogP contribution in [0.5, 0.6) is 0 Å². The molecule has 0 aliphatic heterocycles. The summed E-state index contributed by atoms with van der Waals surface area (Å²) in [5.41, 5.74) is 7.46. The minimum absolute atomic E-state index is 0.398. The number of anilines is 1. The van der Waals surface area contributed by atoms with E-state index in [0.717, 1.165) is 17.0 Å². The van der Waals surface area contributed by atoms with Gasteiger partial charge >= 0.3 is 0 Å². The van der Waals surface area contributed by atoms with E-state index in [0.29, 0.717) is 6.42 Å². The van der Waals surface area contributed by atoms with Gasteiger partial charge in [-0.05, 0) is 35.9 Å². The van der Waals surface area contributed by atoms with E-state index in [1.807, 2.05) is 30.0 Å². The molecule has 0 fully saturated rings. The van der Waals surface area contributed by atoms with E-state index >= 15 is 0 Å². The van der Waals surface area contributed by atoms with Crippen LogP contribution >= 0.6 is 11.8 Å². The molecule has 0 atom stereocenters. The van der Waals surface area contributed by atoms with E-state index < -0.39 is 0 Å². The van der Waals surface area contributed by atoms with Gasteiger partial charge in [0, 0.05) is 10.6 Å².